The lowest BCUT2D eigenvalue weighted by atomic mass is 9.99. The Balaban J connectivity index is 1.74. The summed E-state index contributed by atoms with van der Waals surface area (Å²) in [6, 6.07) is 8.74. The maximum absolute atomic E-state index is 12.7. The number of carbonyl (C=O) groups is 1. The summed E-state index contributed by atoms with van der Waals surface area (Å²) in [5, 5.41) is 0. The van der Waals surface area contributed by atoms with Gasteiger partial charge in [-0.2, -0.15) is 0 Å². The van der Waals surface area contributed by atoms with E-state index in [9.17, 15) is 9.36 Å². The smallest absolute Gasteiger partial charge is 0.353 e. The standard InChI is InChI=1S/C21H29O8P/c1-5-25-30(23,26-6-2)13-12-17-16(18-20(27-17)29-21(3,4)28-18)14-24-19(22)15-10-8-7-9-11-15/h7-13,16-18,20H,5-6,14H2,1-4H3/t16-,17-,18-,20-/m1/s1. The van der Waals surface area contributed by atoms with E-state index in [0.29, 0.717) is 5.56 Å². The first kappa shape index (κ1) is 23.1. The van der Waals surface area contributed by atoms with Crippen molar-refractivity contribution in [3.8, 4) is 0 Å². The number of hydrogen-bond acceptors (Lipinski definition) is 8. The highest BCUT2D eigenvalue weighted by atomic mass is 31.2. The van der Waals surface area contributed by atoms with E-state index in [1.54, 1.807) is 58.0 Å². The molecule has 9 heteroatoms. The van der Waals surface area contributed by atoms with Crippen molar-refractivity contribution in [2.75, 3.05) is 19.8 Å². The van der Waals surface area contributed by atoms with Gasteiger partial charge in [-0.1, -0.05) is 18.2 Å². The molecule has 0 saturated carbocycles. The molecule has 8 nitrogen and oxygen atoms in total. The predicted octanol–water partition coefficient (Wildman–Crippen LogP) is 4.12. The first-order chi connectivity index (χ1) is 14.3. The molecule has 3 rings (SSSR count). The molecule has 0 bridgehead atoms. The van der Waals surface area contributed by atoms with Gasteiger partial charge in [-0.25, -0.2) is 4.79 Å². The summed E-state index contributed by atoms with van der Waals surface area (Å²) < 4.78 is 46.6. The third-order valence-electron chi connectivity index (χ3n) is 4.72. The molecule has 0 N–H and O–H groups in total. The van der Waals surface area contributed by atoms with Gasteiger partial charge in [0.15, 0.2) is 12.1 Å². The molecule has 2 heterocycles. The zero-order valence-corrected chi connectivity index (χ0v) is 18.6. The molecule has 0 amide bonds. The van der Waals surface area contributed by atoms with Gasteiger partial charge in [0.05, 0.1) is 37.4 Å². The lowest BCUT2D eigenvalue weighted by molar-refractivity contribution is -0.205. The molecule has 0 aromatic heterocycles. The lowest BCUT2D eigenvalue weighted by Crippen LogP contribution is -2.33. The highest BCUT2D eigenvalue weighted by Crippen LogP contribution is 2.50. The molecule has 166 valence electrons. The van der Waals surface area contributed by atoms with Gasteiger partial charge < -0.3 is 28.0 Å². The molecule has 30 heavy (non-hydrogen) atoms. The van der Waals surface area contributed by atoms with Crippen LogP contribution in [0.2, 0.25) is 0 Å². The number of benzene rings is 1. The summed E-state index contributed by atoms with van der Waals surface area (Å²) in [5.74, 6) is -0.202. The number of fused-ring (bicyclic) bond motifs is 1. The Hall–Kier alpha value is -1.54. The summed E-state index contributed by atoms with van der Waals surface area (Å²) >= 11 is 0. The number of carbonyl (C=O) groups excluding carboxylic acids is 1. The maximum Gasteiger partial charge on any atom is 0.353 e. The zero-order chi connectivity index (χ0) is 21.8. The summed E-state index contributed by atoms with van der Waals surface area (Å²) in [4.78, 5) is 12.4. The van der Waals surface area contributed by atoms with Crippen LogP contribution in [0.15, 0.2) is 42.2 Å². The highest BCUT2D eigenvalue weighted by Gasteiger charge is 2.54. The molecule has 2 saturated heterocycles. The molecular weight excluding hydrogens is 411 g/mol. The van der Waals surface area contributed by atoms with Crippen molar-refractivity contribution in [2.24, 2.45) is 5.92 Å². The number of ether oxygens (including phenoxy) is 4. The van der Waals surface area contributed by atoms with Crippen molar-refractivity contribution in [3.05, 3.63) is 47.8 Å². The van der Waals surface area contributed by atoms with Crippen molar-refractivity contribution in [1.29, 1.82) is 0 Å². The third-order valence-corrected chi connectivity index (χ3v) is 6.49. The van der Waals surface area contributed by atoms with Gasteiger partial charge in [0.25, 0.3) is 0 Å². The molecule has 0 aliphatic carbocycles. The van der Waals surface area contributed by atoms with E-state index in [-0.39, 0.29) is 25.7 Å². The molecule has 0 spiro atoms. The SMILES string of the molecule is CCOP(=O)(C=C[C@H]1O[C@@H]2OC(C)(C)O[C@@H]2[C@@H]1COC(=O)c1ccccc1)OCC. The van der Waals surface area contributed by atoms with Crippen LogP contribution in [0, 0.1) is 5.92 Å². The number of hydrogen-bond donors (Lipinski definition) is 0. The minimum Gasteiger partial charge on any atom is -0.462 e. The van der Waals surface area contributed by atoms with E-state index < -0.39 is 37.9 Å². The second-order valence-corrected chi connectivity index (χ2v) is 9.31. The normalized spacial score (nSPS) is 28.0. The van der Waals surface area contributed by atoms with Crippen molar-refractivity contribution in [3.63, 3.8) is 0 Å². The molecule has 2 aliphatic heterocycles. The van der Waals surface area contributed by atoms with Gasteiger partial charge >= 0.3 is 13.6 Å². The van der Waals surface area contributed by atoms with Crippen LogP contribution in [-0.4, -0.2) is 50.1 Å². The highest BCUT2D eigenvalue weighted by molar-refractivity contribution is 7.57. The summed E-state index contributed by atoms with van der Waals surface area (Å²) in [7, 11) is -3.39. The van der Waals surface area contributed by atoms with E-state index in [1.165, 1.54) is 5.82 Å². The van der Waals surface area contributed by atoms with E-state index in [0.717, 1.165) is 0 Å². The fourth-order valence-corrected chi connectivity index (χ4v) is 4.82. The largest absolute Gasteiger partial charge is 0.462 e. The van der Waals surface area contributed by atoms with Crippen LogP contribution in [0.3, 0.4) is 0 Å². The molecule has 1 aromatic carbocycles. The van der Waals surface area contributed by atoms with Gasteiger partial charge in [-0.15, -0.1) is 0 Å². The monoisotopic (exact) mass is 440 g/mol. The molecular formula is C21H29O8P. The average molecular weight is 440 g/mol. The van der Waals surface area contributed by atoms with Crippen LogP contribution in [0.5, 0.6) is 0 Å². The van der Waals surface area contributed by atoms with Crippen LogP contribution >= 0.6 is 7.60 Å². The first-order valence-corrected chi connectivity index (χ1v) is 11.7. The molecule has 1 aromatic rings. The van der Waals surface area contributed by atoms with Crippen LogP contribution in [-0.2, 0) is 32.6 Å². The minimum atomic E-state index is -3.39. The second-order valence-electron chi connectivity index (χ2n) is 7.41. The summed E-state index contributed by atoms with van der Waals surface area (Å²) in [5.41, 5.74) is 0.459. The van der Waals surface area contributed by atoms with Gasteiger partial charge in [-0.3, -0.25) is 4.57 Å². The Bertz CT molecular complexity index is 783. The van der Waals surface area contributed by atoms with Crippen LogP contribution in [0.25, 0.3) is 0 Å². The summed E-state index contributed by atoms with van der Waals surface area (Å²) in [6.07, 6.45) is 0.0184. The maximum atomic E-state index is 12.7. The Kier molecular flexibility index (Phi) is 7.50. The Morgan fingerprint density at radius 1 is 1.13 bits per heavy atom. The van der Waals surface area contributed by atoms with Crippen molar-refractivity contribution >= 4 is 13.6 Å². The Morgan fingerprint density at radius 3 is 2.43 bits per heavy atom. The fourth-order valence-electron chi connectivity index (χ4n) is 3.48. The van der Waals surface area contributed by atoms with Crippen LogP contribution in [0.4, 0.5) is 0 Å². The molecule has 2 aliphatic rings. The van der Waals surface area contributed by atoms with Crippen LogP contribution < -0.4 is 0 Å². The fraction of sp³-hybridized carbons (Fsp3) is 0.571. The van der Waals surface area contributed by atoms with E-state index in [4.69, 9.17) is 28.0 Å². The molecule has 0 unspecified atom stereocenters. The van der Waals surface area contributed by atoms with E-state index in [2.05, 4.69) is 0 Å². The van der Waals surface area contributed by atoms with Gasteiger partial charge in [-0.05, 0) is 45.9 Å². The molecule has 2 fully saturated rings. The van der Waals surface area contributed by atoms with E-state index in [1.807, 2.05) is 6.07 Å². The summed E-state index contributed by atoms with van der Waals surface area (Å²) in [6.45, 7) is 7.62. The van der Waals surface area contributed by atoms with Gasteiger partial charge in [0.2, 0.25) is 0 Å². The third kappa shape index (κ3) is 5.58. The van der Waals surface area contributed by atoms with Gasteiger partial charge in [0, 0.05) is 5.82 Å². The van der Waals surface area contributed by atoms with Crippen molar-refractivity contribution < 1.29 is 37.4 Å². The van der Waals surface area contributed by atoms with E-state index >= 15 is 0 Å². The number of esters is 1. The predicted molar refractivity (Wildman–Crippen MR) is 109 cm³/mol. The van der Waals surface area contributed by atoms with Gasteiger partial charge in [0.1, 0.15) is 6.10 Å². The zero-order valence-electron chi connectivity index (χ0n) is 17.7. The Morgan fingerprint density at radius 2 is 1.80 bits per heavy atom. The second kappa shape index (κ2) is 9.73. The minimum absolute atomic E-state index is 0.0525. The van der Waals surface area contributed by atoms with Crippen LogP contribution in [0.1, 0.15) is 38.1 Å². The van der Waals surface area contributed by atoms with Crippen molar-refractivity contribution in [1.82, 2.24) is 0 Å². The Labute approximate surface area is 177 Å². The van der Waals surface area contributed by atoms with Crippen molar-refractivity contribution in [2.45, 2.75) is 52.0 Å². The molecule has 4 atom stereocenters. The topological polar surface area (TPSA) is 89.5 Å². The lowest BCUT2D eigenvalue weighted by Gasteiger charge is -2.24. The molecule has 0 radical (unpaired) electrons. The first-order valence-electron chi connectivity index (χ1n) is 10.1. The quantitative estimate of drug-likeness (QED) is 0.419. The average Bonchev–Trinajstić information content (AvgIpc) is 3.17. The number of rotatable bonds is 9.